The van der Waals surface area contributed by atoms with Crippen molar-refractivity contribution < 1.29 is 17.9 Å². The van der Waals surface area contributed by atoms with Gasteiger partial charge in [0, 0.05) is 19.7 Å². The van der Waals surface area contributed by atoms with E-state index in [-0.39, 0.29) is 12.1 Å². The van der Waals surface area contributed by atoms with Gasteiger partial charge in [-0.05, 0) is 39.3 Å². The van der Waals surface area contributed by atoms with Gasteiger partial charge in [0.05, 0.1) is 12.6 Å². The number of hydrogen-bond donors (Lipinski definition) is 1. The maximum absolute atomic E-state index is 12.2. The van der Waals surface area contributed by atoms with Gasteiger partial charge in [-0.2, -0.15) is 13.2 Å². The number of nitrogens with one attached hydrogen (secondary N) is 1. The molecule has 1 N–H and O–H groups in total. The van der Waals surface area contributed by atoms with Crippen molar-refractivity contribution in [2.45, 2.75) is 38.6 Å². The zero-order valence-electron chi connectivity index (χ0n) is 11.3. The average Bonchev–Trinajstić information content (AvgIpc) is 2.69. The minimum absolute atomic E-state index is 0.109. The van der Waals surface area contributed by atoms with Gasteiger partial charge in [0.1, 0.15) is 0 Å². The van der Waals surface area contributed by atoms with Crippen LogP contribution < -0.4 is 5.32 Å². The van der Waals surface area contributed by atoms with E-state index in [9.17, 15) is 13.2 Å². The van der Waals surface area contributed by atoms with Crippen molar-refractivity contribution in [3.05, 3.63) is 0 Å². The first-order chi connectivity index (χ1) is 8.31. The molecule has 1 saturated heterocycles. The molecule has 1 rings (SSSR count). The van der Waals surface area contributed by atoms with E-state index in [1.165, 1.54) is 4.90 Å². The van der Waals surface area contributed by atoms with Crippen LogP contribution in [0.5, 0.6) is 0 Å². The molecule has 1 fully saturated rings. The maximum atomic E-state index is 12.2. The highest BCUT2D eigenvalue weighted by Crippen LogP contribution is 2.22. The monoisotopic (exact) mass is 268 g/mol. The topological polar surface area (TPSA) is 24.5 Å². The zero-order chi connectivity index (χ0) is 13.8. The predicted molar refractivity (Wildman–Crippen MR) is 64.5 cm³/mol. The minimum atomic E-state index is -4.08. The summed E-state index contributed by atoms with van der Waals surface area (Å²) in [6.07, 6.45) is -3.14. The molecule has 1 aliphatic heterocycles. The third-order valence-corrected chi connectivity index (χ3v) is 3.58. The largest absolute Gasteiger partial charge is 0.401 e. The summed E-state index contributed by atoms with van der Waals surface area (Å²) in [5.41, 5.74) is 0. The first kappa shape index (κ1) is 15.7. The van der Waals surface area contributed by atoms with E-state index in [1.54, 1.807) is 7.11 Å². The lowest BCUT2D eigenvalue weighted by Gasteiger charge is -2.22. The van der Waals surface area contributed by atoms with Gasteiger partial charge < -0.3 is 10.1 Å². The normalized spacial score (nSPS) is 25.3. The van der Waals surface area contributed by atoms with E-state index in [2.05, 4.69) is 5.32 Å². The average molecular weight is 268 g/mol. The third-order valence-electron chi connectivity index (χ3n) is 3.58. The van der Waals surface area contributed by atoms with Gasteiger partial charge in [-0.3, -0.25) is 4.90 Å². The van der Waals surface area contributed by atoms with Gasteiger partial charge in [0.25, 0.3) is 0 Å². The summed E-state index contributed by atoms with van der Waals surface area (Å²) in [6, 6.07) is 0.215. The van der Waals surface area contributed by atoms with Crippen molar-refractivity contribution in [2.75, 3.05) is 33.3 Å². The number of alkyl halides is 3. The second kappa shape index (κ2) is 6.73. The molecule has 0 aliphatic carbocycles. The molecule has 1 aliphatic rings. The van der Waals surface area contributed by atoms with Gasteiger partial charge >= 0.3 is 6.18 Å². The highest BCUT2D eigenvalue weighted by atomic mass is 19.4. The highest BCUT2D eigenvalue weighted by molar-refractivity contribution is 4.80. The molecule has 0 aromatic rings. The van der Waals surface area contributed by atoms with Gasteiger partial charge in [0.2, 0.25) is 0 Å². The van der Waals surface area contributed by atoms with Crippen molar-refractivity contribution in [2.24, 2.45) is 5.92 Å². The number of hydrogen-bond acceptors (Lipinski definition) is 3. The molecule has 3 atom stereocenters. The van der Waals surface area contributed by atoms with Gasteiger partial charge in [-0.15, -0.1) is 0 Å². The summed E-state index contributed by atoms with van der Waals surface area (Å²) >= 11 is 0. The van der Waals surface area contributed by atoms with E-state index in [0.29, 0.717) is 19.0 Å². The lowest BCUT2D eigenvalue weighted by atomic mass is 10.1. The molecule has 0 aromatic carbocycles. The fourth-order valence-electron chi connectivity index (χ4n) is 2.20. The van der Waals surface area contributed by atoms with Crippen LogP contribution in [0.1, 0.15) is 20.3 Å². The summed E-state index contributed by atoms with van der Waals surface area (Å²) in [5, 5.41) is 3.33. The molecule has 0 bridgehead atoms. The van der Waals surface area contributed by atoms with Crippen LogP contribution in [0.2, 0.25) is 0 Å². The lowest BCUT2D eigenvalue weighted by molar-refractivity contribution is -0.143. The smallest absolute Gasteiger partial charge is 0.380 e. The molecular formula is C12H23F3N2O. The van der Waals surface area contributed by atoms with Crippen LogP contribution in [0.3, 0.4) is 0 Å². The molecule has 0 saturated carbocycles. The highest BCUT2D eigenvalue weighted by Gasteiger charge is 2.34. The predicted octanol–water partition coefficient (Wildman–Crippen LogP) is 1.88. The molecule has 6 heteroatoms. The summed E-state index contributed by atoms with van der Waals surface area (Å²) in [7, 11) is 1.66. The molecule has 0 aromatic heterocycles. The fraction of sp³-hybridized carbons (Fsp3) is 1.00. The van der Waals surface area contributed by atoms with E-state index >= 15 is 0 Å². The van der Waals surface area contributed by atoms with Crippen LogP contribution >= 0.6 is 0 Å². The van der Waals surface area contributed by atoms with Crippen LogP contribution in [0, 0.1) is 5.92 Å². The number of ether oxygens (including phenoxy) is 1. The summed E-state index contributed by atoms with van der Waals surface area (Å²) in [6.45, 7) is 5.04. The number of likely N-dealkylation sites (tertiary alicyclic amines) is 1. The Kier molecular flexibility index (Phi) is 5.88. The Labute approximate surface area is 107 Å². The lowest BCUT2D eigenvalue weighted by Crippen LogP contribution is -2.40. The minimum Gasteiger partial charge on any atom is -0.380 e. The molecule has 0 radical (unpaired) electrons. The van der Waals surface area contributed by atoms with Crippen LogP contribution in [0.15, 0.2) is 0 Å². The van der Waals surface area contributed by atoms with Crippen LogP contribution in [-0.4, -0.2) is 56.5 Å². The van der Waals surface area contributed by atoms with E-state index in [0.717, 1.165) is 13.0 Å². The van der Waals surface area contributed by atoms with Crippen molar-refractivity contribution in [1.29, 1.82) is 0 Å². The molecule has 3 nitrogen and oxygen atoms in total. The molecular weight excluding hydrogens is 245 g/mol. The second-order valence-corrected chi connectivity index (χ2v) is 5.14. The number of nitrogens with zero attached hydrogens (tertiary/aromatic N) is 1. The Morgan fingerprint density at radius 3 is 2.61 bits per heavy atom. The SMILES string of the molecule is COC(C)C(C)NCC1CCN(CC(F)(F)F)C1. The van der Waals surface area contributed by atoms with Crippen molar-refractivity contribution in [3.63, 3.8) is 0 Å². The zero-order valence-corrected chi connectivity index (χ0v) is 11.3. The van der Waals surface area contributed by atoms with E-state index < -0.39 is 12.7 Å². The number of rotatable bonds is 6. The van der Waals surface area contributed by atoms with Crippen molar-refractivity contribution in [3.8, 4) is 0 Å². The molecule has 0 spiro atoms. The quantitative estimate of drug-likeness (QED) is 0.796. The van der Waals surface area contributed by atoms with Crippen molar-refractivity contribution >= 4 is 0 Å². The van der Waals surface area contributed by atoms with Gasteiger partial charge in [-0.25, -0.2) is 0 Å². The summed E-state index contributed by atoms with van der Waals surface area (Å²) in [5.74, 6) is 0.304. The van der Waals surface area contributed by atoms with Crippen molar-refractivity contribution in [1.82, 2.24) is 10.2 Å². The van der Waals surface area contributed by atoms with Crippen LogP contribution in [-0.2, 0) is 4.74 Å². The molecule has 0 amide bonds. The Morgan fingerprint density at radius 1 is 1.39 bits per heavy atom. The number of methoxy groups -OCH3 is 1. The molecule has 1 heterocycles. The Hall–Kier alpha value is -0.330. The Morgan fingerprint density at radius 2 is 2.06 bits per heavy atom. The molecule has 108 valence electrons. The Balaban J connectivity index is 2.22. The fourth-order valence-corrected chi connectivity index (χ4v) is 2.20. The standard InChI is InChI=1S/C12H23F3N2O/c1-9(10(2)18-3)16-6-11-4-5-17(7-11)8-12(13,14)15/h9-11,16H,4-8H2,1-3H3. The van der Waals surface area contributed by atoms with Gasteiger partial charge in [-0.1, -0.05) is 0 Å². The van der Waals surface area contributed by atoms with Crippen LogP contribution in [0.25, 0.3) is 0 Å². The van der Waals surface area contributed by atoms with E-state index in [1.807, 2.05) is 13.8 Å². The first-order valence-electron chi connectivity index (χ1n) is 6.37. The van der Waals surface area contributed by atoms with Gasteiger partial charge in [0.15, 0.2) is 0 Å². The third kappa shape index (κ3) is 5.54. The molecule has 3 unspecified atom stereocenters. The first-order valence-corrected chi connectivity index (χ1v) is 6.37. The van der Waals surface area contributed by atoms with Crippen LogP contribution in [0.4, 0.5) is 13.2 Å². The molecule has 18 heavy (non-hydrogen) atoms. The number of halogens is 3. The Bertz CT molecular complexity index is 248. The summed E-state index contributed by atoms with van der Waals surface area (Å²) in [4.78, 5) is 1.48. The summed E-state index contributed by atoms with van der Waals surface area (Å²) < 4.78 is 41.9. The maximum Gasteiger partial charge on any atom is 0.401 e. The van der Waals surface area contributed by atoms with E-state index in [4.69, 9.17) is 4.74 Å². The second-order valence-electron chi connectivity index (χ2n) is 5.14.